The largest absolute Gasteiger partial charge is 0.493 e. The number of nitrogens with zero attached hydrogens (tertiary/aromatic N) is 1. The number of thiazole rings is 1. The molecule has 154 valence electrons. The third-order valence-corrected chi connectivity index (χ3v) is 6.23. The summed E-state index contributed by atoms with van der Waals surface area (Å²) in [7, 11) is -1.78. The van der Waals surface area contributed by atoms with Gasteiger partial charge in [-0.25, -0.2) is 13.4 Å². The third kappa shape index (κ3) is 5.04. The number of amides is 1. The lowest BCUT2D eigenvalue weighted by Crippen LogP contribution is -2.12. The summed E-state index contributed by atoms with van der Waals surface area (Å²) in [6, 6.07) is 9.68. The molecule has 1 amide bonds. The zero-order valence-corrected chi connectivity index (χ0v) is 18.0. The molecule has 29 heavy (non-hydrogen) atoms. The number of aromatic nitrogens is 1. The van der Waals surface area contributed by atoms with Crippen LogP contribution in [-0.2, 0) is 9.84 Å². The van der Waals surface area contributed by atoms with Crippen LogP contribution in [0.4, 0.5) is 5.13 Å². The van der Waals surface area contributed by atoms with Gasteiger partial charge in [0.2, 0.25) is 0 Å². The molecule has 2 aromatic carbocycles. The Morgan fingerprint density at radius 2 is 1.97 bits per heavy atom. The van der Waals surface area contributed by atoms with Crippen LogP contribution >= 0.6 is 11.3 Å². The van der Waals surface area contributed by atoms with Crippen LogP contribution in [0, 0.1) is 0 Å². The highest BCUT2D eigenvalue weighted by atomic mass is 32.2. The fourth-order valence-electron chi connectivity index (χ4n) is 2.61. The first kappa shape index (κ1) is 21.1. The quantitative estimate of drug-likeness (QED) is 0.536. The second kappa shape index (κ2) is 8.79. The summed E-state index contributed by atoms with van der Waals surface area (Å²) in [5.41, 5.74) is 1.02. The number of carbonyl (C=O) groups is 1. The fraction of sp³-hybridized carbons (Fsp3) is 0.300. The van der Waals surface area contributed by atoms with Crippen molar-refractivity contribution in [2.45, 2.75) is 24.7 Å². The second-order valence-electron chi connectivity index (χ2n) is 6.44. The van der Waals surface area contributed by atoms with E-state index in [0.29, 0.717) is 39.0 Å². The van der Waals surface area contributed by atoms with Gasteiger partial charge >= 0.3 is 0 Å². The van der Waals surface area contributed by atoms with Crippen LogP contribution in [0.2, 0.25) is 0 Å². The van der Waals surface area contributed by atoms with E-state index in [1.807, 2.05) is 0 Å². The fourth-order valence-corrected chi connectivity index (χ4v) is 4.23. The summed E-state index contributed by atoms with van der Waals surface area (Å²) in [4.78, 5) is 17.2. The zero-order valence-electron chi connectivity index (χ0n) is 16.4. The van der Waals surface area contributed by atoms with E-state index in [-0.39, 0.29) is 10.8 Å². The Morgan fingerprint density at radius 3 is 2.66 bits per heavy atom. The maximum Gasteiger partial charge on any atom is 0.257 e. The van der Waals surface area contributed by atoms with Crippen LogP contribution < -0.4 is 14.8 Å². The van der Waals surface area contributed by atoms with Gasteiger partial charge < -0.3 is 9.47 Å². The molecule has 0 fully saturated rings. The lowest BCUT2D eigenvalue weighted by Gasteiger charge is -2.11. The molecule has 1 heterocycles. The van der Waals surface area contributed by atoms with Gasteiger partial charge in [0.05, 0.1) is 28.8 Å². The van der Waals surface area contributed by atoms with Gasteiger partial charge in [-0.2, -0.15) is 0 Å². The monoisotopic (exact) mass is 434 g/mol. The van der Waals surface area contributed by atoms with Gasteiger partial charge in [-0.05, 0) is 42.8 Å². The van der Waals surface area contributed by atoms with Crippen LogP contribution in [0.3, 0.4) is 0 Å². The van der Waals surface area contributed by atoms with Crippen molar-refractivity contribution >= 4 is 42.4 Å². The van der Waals surface area contributed by atoms with E-state index < -0.39 is 9.84 Å². The van der Waals surface area contributed by atoms with Crippen molar-refractivity contribution in [3.05, 3.63) is 42.0 Å². The van der Waals surface area contributed by atoms with Crippen molar-refractivity contribution in [3.63, 3.8) is 0 Å². The number of hydrogen-bond donors (Lipinski definition) is 1. The summed E-state index contributed by atoms with van der Waals surface area (Å²) in [6.45, 7) is 2.66. The number of carbonyl (C=O) groups excluding carboxylic acids is 1. The first-order chi connectivity index (χ1) is 13.8. The standard InChI is InChI=1S/C20H22N2O5S2/c1-4-5-10-27-16-9-6-13(11-17(16)26-2)19(23)22-20-21-15-8-7-14(29(3,24)25)12-18(15)28-20/h6-9,11-12H,4-5,10H2,1-3H3,(H,21,22,23). The lowest BCUT2D eigenvalue weighted by molar-refractivity contribution is 0.102. The minimum absolute atomic E-state index is 0.218. The molecule has 0 saturated heterocycles. The van der Waals surface area contributed by atoms with Crippen molar-refractivity contribution in [3.8, 4) is 11.5 Å². The van der Waals surface area contributed by atoms with Gasteiger partial charge in [0, 0.05) is 11.8 Å². The highest BCUT2D eigenvalue weighted by Gasteiger charge is 2.15. The first-order valence-electron chi connectivity index (χ1n) is 9.04. The Morgan fingerprint density at radius 1 is 1.17 bits per heavy atom. The Kier molecular flexibility index (Phi) is 6.39. The zero-order chi connectivity index (χ0) is 21.0. The van der Waals surface area contributed by atoms with E-state index in [1.54, 1.807) is 30.3 Å². The number of anilines is 1. The van der Waals surface area contributed by atoms with Crippen molar-refractivity contribution in [2.75, 3.05) is 25.3 Å². The van der Waals surface area contributed by atoms with Crippen LogP contribution in [0.5, 0.6) is 11.5 Å². The van der Waals surface area contributed by atoms with Gasteiger partial charge in [0.1, 0.15) is 0 Å². The van der Waals surface area contributed by atoms with Crippen LogP contribution in [-0.4, -0.2) is 39.3 Å². The summed E-state index contributed by atoms with van der Waals surface area (Å²) in [6.07, 6.45) is 3.11. The van der Waals surface area contributed by atoms with Gasteiger partial charge in [0.15, 0.2) is 26.5 Å². The predicted molar refractivity (Wildman–Crippen MR) is 114 cm³/mol. The van der Waals surface area contributed by atoms with Gasteiger partial charge in [0.25, 0.3) is 5.91 Å². The van der Waals surface area contributed by atoms with Crippen molar-refractivity contribution in [2.24, 2.45) is 0 Å². The topological polar surface area (TPSA) is 94.6 Å². The Labute approximate surface area is 173 Å². The molecule has 0 radical (unpaired) electrons. The molecule has 0 aliphatic rings. The maximum absolute atomic E-state index is 12.6. The minimum Gasteiger partial charge on any atom is -0.493 e. The van der Waals surface area contributed by atoms with Gasteiger partial charge in [-0.1, -0.05) is 24.7 Å². The Hall–Kier alpha value is -2.65. The summed E-state index contributed by atoms with van der Waals surface area (Å²) in [5.74, 6) is 0.729. The molecule has 0 unspecified atom stereocenters. The lowest BCUT2D eigenvalue weighted by atomic mass is 10.2. The molecule has 0 saturated carbocycles. The van der Waals surface area contributed by atoms with Crippen LogP contribution in [0.15, 0.2) is 41.3 Å². The molecular weight excluding hydrogens is 412 g/mol. The third-order valence-electron chi connectivity index (χ3n) is 4.19. The molecule has 0 spiro atoms. The number of methoxy groups -OCH3 is 1. The average Bonchev–Trinajstić information content (AvgIpc) is 3.09. The number of ether oxygens (including phenoxy) is 2. The first-order valence-corrected chi connectivity index (χ1v) is 11.8. The van der Waals surface area contributed by atoms with E-state index in [9.17, 15) is 13.2 Å². The number of nitrogens with one attached hydrogen (secondary N) is 1. The van der Waals surface area contributed by atoms with E-state index >= 15 is 0 Å². The molecule has 9 heteroatoms. The molecule has 0 aliphatic heterocycles. The van der Waals surface area contributed by atoms with E-state index in [0.717, 1.165) is 19.1 Å². The van der Waals surface area contributed by atoms with Gasteiger partial charge in [-0.15, -0.1) is 0 Å². The highest BCUT2D eigenvalue weighted by molar-refractivity contribution is 7.90. The number of rotatable bonds is 8. The van der Waals surface area contributed by atoms with Crippen molar-refractivity contribution < 1.29 is 22.7 Å². The second-order valence-corrected chi connectivity index (χ2v) is 9.49. The molecule has 1 N–H and O–H groups in total. The summed E-state index contributed by atoms with van der Waals surface area (Å²) < 4.78 is 35.1. The average molecular weight is 435 g/mol. The normalized spacial score (nSPS) is 11.4. The highest BCUT2D eigenvalue weighted by Crippen LogP contribution is 2.31. The SMILES string of the molecule is CCCCOc1ccc(C(=O)Nc2nc3ccc(S(C)(=O)=O)cc3s2)cc1OC. The smallest absolute Gasteiger partial charge is 0.257 e. The van der Waals surface area contributed by atoms with Crippen LogP contribution in [0.25, 0.3) is 10.2 Å². The summed E-state index contributed by atoms with van der Waals surface area (Å²) in [5, 5.41) is 3.14. The molecule has 0 atom stereocenters. The molecule has 7 nitrogen and oxygen atoms in total. The predicted octanol–water partition coefficient (Wildman–Crippen LogP) is 4.14. The molecule has 1 aromatic heterocycles. The van der Waals surface area contributed by atoms with E-state index in [1.165, 1.54) is 24.5 Å². The number of fused-ring (bicyclic) bond motifs is 1. The van der Waals surface area contributed by atoms with E-state index in [2.05, 4.69) is 17.2 Å². The summed E-state index contributed by atoms with van der Waals surface area (Å²) >= 11 is 1.21. The molecule has 3 rings (SSSR count). The number of unbranched alkanes of at least 4 members (excludes halogenated alkanes) is 1. The molecule has 0 bridgehead atoms. The minimum atomic E-state index is -3.31. The number of sulfone groups is 1. The molecule has 0 aliphatic carbocycles. The number of hydrogen-bond acceptors (Lipinski definition) is 7. The molecular formula is C20H22N2O5S2. The van der Waals surface area contributed by atoms with Crippen molar-refractivity contribution in [1.82, 2.24) is 4.98 Å². The Balaban J connectivity index is 1.79. The molecule has 3 aromatic rings. The van der Waals surface area contributed by atoms with Crippen molar-refractivity contribution in [1.29, 1.82) is 0 Å². The van der Waals surface area contributed by atoms with E-state index in [4.69, 9.17) is 9.47 Å². The Bertz CT molecular complexity index is 1140. The number of benzene rings is 2. The maximum atomic E-state index is 12.6. The van der Waals surface area contributed by atoms with Gasteiger partial charge in [-0.3, -0.25) is 10.1 Å². The van der Waals surface area contributed by atoms with Crippen LogP contribution in [0.1, 0.15) is 30.1 Å².